The Morgan fingerprint density at radius 2 is 1.36 bits per heavy atom. The summed E-state index contributed by atoms with van der Waals surface area (Å²) in [6.07, 6.45) is 0.810. The number of aromatic nitrogens is 2. The van der Waals surface area contributed by atoms with Crippen LogP contribution in [-0.4, -0.2) is 9.55 Å². The number of oxazole rings is 1. The van der Waals surface area contributed by atoms with Gasteiger partial charge in [-0.15, -0.1) is 0 Å². The molecule has 0 amide bonds. The lowest BCUT2D eigenvalue weighted by Crippen LogP contribution is -2.05. The van der Waals surface area contributed by atoms with E-state index in [1.54, 1.807) is 0 Å². The molecule has 0 N–H and O–H groups in total. The molecule has 9 rings (SSSR count). The van der Waals surface area contributed by atoms with Crippen LogP contribution in [0.3, 0.4) is 0 Å². The molecule has 1 unspecified atom stereocenters. The number of nitrogens with zero attached hydrogens (tertiary/aromatic N) is 2. The first kappa shape index (κ1) is 23.4. The third kappa shape index (κ3) is 3.39. The molecular weight excluding hydrogens is 516 g/mol. The van der Waals surface area contributed by atoms with Crippen LogP contribution in [0.4, 0.5) is 0 Å². The maximum Gasteiger partial charge on any atom is 0.226 e. The number of para-hydroxylation sites is 2. The normalized spacial score (nSPS) is 14.5. The lowest BCUT2D eigenvalue weighted by atomic mass is 9.90. The second kappa shape index (κ2) is 8.82. The topological polar surface area (TPSA) is 44.1 Å². The Bertz CT molecular complexity index is 2280. The average molecular weight is 543 g/mol. The molecule has 200 valence electrons. The van der Waals surface area contributed by atoms with E-state index in [2.05, 4.69) is 115 Å². The van der Waals surface area contributed by atoms with Crippen molar-refractivity contribution in [3.05, 3.63) is 133 Å². The van der Waals surface area contributed by atoms with Gasteiger partial charge in [-0.1, -0.05) is 79.7 Å². The summed E-state index contributed by atoms with van der Waals surface area (Å²) in [4.78, 5) is 5.03. The molecule has 3 heterocycles. The molecule has 4 nitrogen and oxygen atoms in total. The van der Waals surface area contributed by atoms with Crippen LogP contribution in [-0.2, 0) is 6.42 Å². The molecule has 8 aromatic rings. The van der Waals surface area contributed by atoms with Gasteiger partial charge in [-0.3, -0.25) is 0 Å². The minimum atomic E-state index is 0.201. The van der Waals surface area contributed by atoms with Gasteiger partial charge >= 0.3 is 0 Å². The number of fused-ring (bicyclic) bond motifs is 8. The van der Waals surface area contributed by atoms with Crippen molar-refractivity contribution in [2.24, 2.45) is 0 Å². The maximum atomic E-state index is 6.45. The predicted octanol–water partition coefficient (Wildman–Crippen LogP) is 10.2. The second-order valence-electron chi connectivity index (χ2n) is 11.2. The van der Waals surface area contributed by atoms with Crippen LogP contribution in [0.5, 0.6) is 0 Å². The number of hydrogen-bond donors (Lipinski definition) is 0. The molecule has 0 aliphatic heterocycles. The van der Waals surface area contributed by atoms with Crippen molar-refractivity contribution in [1.82, 2.24) is 9.55 Å². The molecule has 1 aliphatic rings. The second-order valence-corrected chi connectivity index (χ2v) is 11.2. The number of hydrogen-bond acceptors (Lipinski definition) is 3. The fraction of sp³-hybridized carbons (Fsp3) is 0.0789. The predicted molar refractivity (Wildman–Crippen MR) is 169 cm³/mol. The third-order valence-corrected chi connectivity index (χ3v) is 8.65. The summed E-state index contributed by atoms with van der Waals surface area (Å²) < 4.78 is 15.0. The molecule has 0 bridgehead atoms. The van der Waals surface area contributed by atoms with E-state index in [-0.39, 0.29) is 5.92 Å². The monoisotopic (exact) mass is 542 g/mol. The number of benzene rings is 5. The lowest BCUT2D eigenvalue weighted by molar-refractivity contribution is 0.450. The van der Waals surface area contributed by atoms with Gasteiger partial charge in [-0.2, -0.15) is 0 Å². The Kier molecular flexibility index (Phi) is 4.91. The van der Waals surface area contributed by atoms with Gasteiger partial charge in [0.05, 0.1) is 16.6 Å². The van der Waals surface area contributed by atoms with Crippen LogP contribution in [0, 0.1) is 0 Å². The van der Waals surface area contributed by atoms with Gasteiger partial charge in [0.2, 0.25) is 5.89 Å². The summed E-state index contributed by atoms with van der Waals surface area (Å²) in [6.45, 7) is 2.18. The van der Waals surface area contributed by atoms with E-state index in [0.717, 1.165) is 51.4 Å². The average Bonchev–Trinajstić information content (AvgIpc) is 3.73. The first-order valence-corrected chi connectivity index (χ1v) is 14.4. The van der Waals surface area contributed by atoms with E-state index in [4.69, 9.17) is 13.8 Å². The Morgan fingerprint density at radius 3 is 2.21 bits per heavy atom. The smallest absolute Gasteiger partial charge is 0.226 e. The molecule has 0 spiro atoms. The quantitative estimate of drug-likeness (QED) is 0.223. The maximum absolute atomic E-state index is 6.45. The molecule has 0 radical (unpaired) electrons. The van der Waals surface area contributed by atoms with E-state index in [1.807, 2.05) is 18.2 Å². The minimum absolute atomic E-state index is 0.201. The van der Waals surface area contributed by atoms with Crippen molar-refractivity contribution >= 4 is 32.8 Å². The van der Waals surface area contributed by atoms with Crippen LogP contribution in [0.15, 0.2) is 130 Å². The minimum Gasteiger partial charge on any atom is -0.460 e. The molecule has 4 heteroatoms. The van der Waals surface area contributed by atoms with Crippen molar-refractivity contribution in [3.63, 3.8) is 0 Å². The fourth-order valence-corrected chi connectivity index (χ4v) is 6.65. The summed E-state index contributed by atoms with van der Waals surface area (Å²) >= 11 is 0. The first-order chi connectivity index (χ1) is 20.7. The Labute approximate surface area is 242 Å². The van der Waals surface area contributed by atoms with Crippen LogP contribution < -0.4 is 0 Å². The van der Waals surface area contributed by atoms with Crippen LogP contribution in [0.2, 0.25) is 0 Å². The van der Waals surface area contributed by atoms with E-state index in [0.29, 0.717) is 5.89 Å². The zero-order valence-corrected chi connectivity index (χ0v) is 23.0. The molecule has 0 saturated heterocycles. The highest BCUT2D eigenvalue weighted by molar-refractivity contribution is 6.10. The van der Waals surface area contributed by atoms with Gasteiger partial charge in [0.25, 0.3) is 0 Å². The number of rotatable bonds is 3. The van der Waals surface area contributed by atoms with E-state index < -0.39 is 0 Å². The summed E-state index contributed by atoms with van der Waals surface area (Å²) in [7, 11) is 0. The van der Waals surface area contributed by atoms with Gasteiger partial charge in [0.15, 0.2) is 0 Å². The Morgan fingerprint density at radius 1 is 0.643 bits per heavy atom. The van der Waals surface area contributed by atoms with Crippen molar-refractivity contribution in [2.45, 2.75) is 19.3 Å². The Hall–Kier alpha value is -5.35. The Balaban J connectivity index is 1.15. The van der Waals surface area contributed by atoms with Gasteiger partial charge < -0.3 is 13.4 Å². The lowest BCUT2D eigenvalue weighted by Gasteiger charge is -2.14. The molecule has 0 fully saturated rings. The first-order valence-electron chi connectivity index (χ1n) is 14.4. The largest absolute Gasteiger partial charge is 0.460 e. The molecule has 0 saturated carbocycles. The van der Waals surface area contributed by atoms with Crippen LogP contribution in [0.1, 0.15) is 24.4 Å². The highest BCUT2D eigenvalue weighted by atomic mass is 16.4. The molecule has 1 aliphatic carbocycles. The molecule has 5 aromatic carbocycles. The van der Waals surface area contributed by atoms with Crippen molar-refractivity contribution in [2.75, 3.05) is 0 Å². The van der Waals surface area contributed by atoms with Gasteiger partial charge in [-0.25, -0.2) is 4.98 Å². The fourth-order valence-electron chi connectivity index (χ4n) is 6.65. The van der Waals surface area contributed by atoms with Crippen molar-refractivity contribution in [1.29, 1.82) is 0 Å². The van der Waals surface area contributed by atoms with Crippen LogP contribution >= 0.6 is 0 Å². The highest BCUT2D eigenvalue weighted by Crippen LogP contribution is 2.46. The molecule has 3 aromatic heterocycles. The molecular formula is C38H26N2O2. The molecule has 42 heavy (non-hydrogen) atoms. The summed E-state index contributed by atoms with van der Waals surface area (Å²) in [6, 6.07) is 42.7. The van der Waals surface area contributed by atoms with E-state index in [9.17, 15) is 0 Å². The number of furan rings is 1. The van der Waals surface area contributed by atoms with E-state index in [1.165, 1.54) is 32.9 Å². The highest BCUT2D eigenvalue weighted by Gasteiger charge is 2.32. The van der Waals surface area contributed by atoms with Gasteiger partial charge in [0, 0.05) is 39.7 Å². The summed E-state index contributed by atoms with van der Waals surface area (Å²) in [5.41, 5.74) is 9.75. The van der Waals surface area contributed by atoms with Gasteiger partial charge in [-0.05, 0) is 59.7 Å². The van der Waals surface area contributed by atoms with Crippen molar-refractivity contribution in [3.8, 4) is 39.5 Å². The third-order valence-electron chi connectivity index (χ3n) is 8.65. The standard InChI is InChI=1S/C38H26N2O2/c1-23-21-34-35(29-12-6-8-14-33(29)41-34)36-37(23)42-38(39-36)25-15-18-27(19-16-25)40-31-13-7-5-11-28(31)30-22-26(17-20-32(30)40)24-9-3-2-4-10-24/h2-20,22-23H,21H2,1H3. The summed E-state index contributed by atoms with van der Waals surface area (Å²) in [5.74, 6) is 2.77. The SMILES string of the molecule is CC1Cc2oc3ccccc3c2-c2nc(-c3ccc(-n4c5ccccc5c5cc(-c6ccccc6)ccc54)cc3)oc21. The zero-order chi connectivity index (χ0) is 27.8. The molecule has 1 atom stereocenters. The summed E-state index contributed by atoms with van der Waals surface area (Å²) in [5, 5.41) is 3.58. The van der Waals surface area contributed by atoms with Crippen LogP contribution in [0.25, 0.3) is 72.3 Å². The zero-order valence-electron chi connectivity index (χ0n) is 23.0. The van der Waals surface area contributed by atoms with Crippen molar-refractivity contribution < 1.29 is 8.83 Å². The van der Waals surface area contributed by atoms with E-state index >= 15 is 0 Å². The van der Waals surface area contributed by atoms with Gasteiger partial charge in [0.1, 0.15) is 22.8 Å².